The molecule has 2 heterocycles. The molecule has 13 heteroatoms. The van der Waals surface area contributed by atoms with Crippen molar-refractivity contribution in [3.8, 4) is 11.3 Å². The zero-order chi connectivity index (χ0) is 23.8. The Hall–Kier alpha value is -3.54. The van der Waals surface area contributed by atoms with E-state index in [4.69, 9.17) is 21.9 Å². The minimum Gasteiger partial charge on any atom is -0.480 e. The number of carbonyl (C=O) groups excluding carboxylic acids is 2. The lowest BCUT2D eigenvalue weighted by atomic mass is 10.0. The Morgan fingerprint density at radius 3 is 2.62 bits per heavy atom. The molecule has 1 unspecified atom stereocenters. The highest BCUT2D eigenvalue weighted by Gasteiger charge is 2.39. The van der Waals surface area contributed by atoms with Gasteiger partial charge in [-0.15, -0.1) is 0 Å². The molecule has 1 aromatic heterocycles. The zero-order valence-corrected chi connectivity index (χ0v) is 18.1. The van der Waals surface area contributed by atoms with Crippen LogP contribution in [0.25, 0.3) is 11.3 Å². The van der Waals surface area contributed by atoms with Crippen molar-refractivity contribution in [3.63, 3.8) is 0 Å². The van der Waals surface area contributed by atoms with Gasteiger partial charge < -0.3 is 9.84 Å². The summed E-state index contributed by atoms with van der Waals surface area (Å²) in [6.45, 7) is 4.55. The molecule has 0 bridgehead atoms. The van der Waals surface area contributed by atoms with Crippen molar-refractivity contribution in [1.82, 2.24) is 20.1 Å². The molecule has 0 radical (unpaired) electrons. The van der Waals surface area contributed by atoms with Crippen LogP contribution in [0.3, 0.4) is 0 Å². The molecule has 3 N–H and O–H groups in total. The van der Waals surface area contributed by atoms with Crippen molar-refractivity contribution in [2.45, 2.75) is 39.0 Å². The quantitative estimate of drug-likeness (QED) is 0.464. The standard InChI is InChI=1S/C19H20ClFN6O5/c1-19(2,3)32-18(31)26-7-12-14(16(28)23-25-22)15(9-4-5-11(21)10(20)6-9)24-27(12)13(8-26)17(29)30/h4-6,13H,7-8H2,1-3H3,(H,29,30)(H2,22,23,28). The molecule has 0 spiro atoms. The maximum absolute atomic E-state index is 13.7. The summed E-state index contributed by atoms with van der Waals surface area (Å²) in [6.07, 6.45) is -0.765. The Balaban J connectivity index is 2.18. The fourth-order valence-electron chi connectivity index (χ4n) is 3.25. The maximum Gasteiger partial charge on any atom is 0.410 e. The van der Waals surface area contributed by atoms with Crippen molar-refractivity contribution < 1.29 is 28.6 Å². The van der Waals surface area contributed by atoms with E-state index < -0.39 is 35.4 Å². The monoisotopic (exact) mass is 466 g/mol. The van der Waals surface area contributed by atoms with Crippen LogP contribution in [0.1, 0.15) is 42.9 Å². The number of amides is 2. The molecule has 1 atom stereocenters. The Kier molecular flexibility index (Phi) is 6.17. The molecular formula is C19H20ClFN6O5. The number of nitrogens with one attached hydrogen (secondary N) is 2. The van der Waals surface area contributed by atoms with Crippen molar-refractivity contribution in [2.75, 3.05) is 6.54 Å². The molecule has 2 aromatic rings. The van der Waals surface area contributed by atoms with Crippen LogP contribution in [0.5, 0.6) is 0 Å². The van der Waals surface area contributed by atoms with Crippen molar-refractivity contribution in [2.24, 2.45) is 5.22 Å². The van der Waals surface area contributed by atoms with E-state index >= 15 is 0 Å². The molecular weight excluding hydrogens is 447 g/mol. The van der Waals surface area contributed by atoms with Crippen LogP contribution in [0.2, 0.25) is 5.02 Å². The van der Waals surface area contributed by atoms with Gasteiger partial charge in [-0.1, -0.05) is 16.8 Å². The summed E-state index contributed by atoms with van der Waals surface area (Å²) in [5.41, 5.74) is 8.29. The summed E-state index contributed by atoms with van der Waals surface area (Å²) in [4.78, 5) is 38.5. The highest BCUT2D eigenvalue weighted by Crippen LogP contribution is 2.34. The molecule has 0 fully saturated rings. The minimum absolute atomic E-state index is 0.000314. The topological polar surface area (TPSA) is 150 Å². The van der Waals surface area contributed by atoms with Gasteiger partial charge in [0.15, 0.2) is 6.04 Å². The molecule has 0 saturated carbocycles. The second-order valence-corrected chi connectivity index (χ2v) is 8.42. The number of carboxylic acids is 1. The molecule has 170 valence electrons. The van der Waals surface area contributed by atoms with Crippen molar-refractivity contribution in [3.05, 3.63) is 40.3 Å². The first-order chi connectivity index (χ1) is 14.9. The fourth-order valence-corrected chi connectivity index (χ4v) is 3.43. The van der Waals surface area contributed by atoms with E-state index in [0.29, 0.717) is 0 Å². The summed E-state index contributed by atoms with van der Waals surface area (Å²) in [6, 6.07) is 2.32. The average molecular weight is 467 g/mol. The summed E-state index contributed by atoms with van der Waals surface area (Å²) in [5, 5.41) is 16.7. The predicted octanol–water partition coefficient (Wildman–Crippen LogP) is 3.39. The van der Waals surface area contributed by atoms with Crippen LogP contribution < -0.4 is 5.43 Å². The van der Waals surface area contributed by atoms with Crippen LogP contribution >= 0.6 is 11.6 Å². The van der Waals surface area contributed by atoms with E-state index in [1.54, 1.807) is 20.8 Å². The van der Waals surface area contributed by atoms with Gasteiger partial charge in [0, 0.05) is 5.56 Å². The van der Waals surface area contributed by atoms with Crippen LogP contribution in [0.4, 0.5) is 9.18 Å². The number of hydrogen-bond acceptors (Lipinski definition) is 7. The number of fused-ring (bicyclic) bond motifs is 1. The first-order valence-electron chi connectivity index (χ1n) is 9.37. The second kappa shape index (κ2) is 8.54. The first kappa shape index (κ1) is 23.1. The lowest BCUT2D eigenvalue weighted by molar-refractivity contribution is -0.142. The molecule has 3 rings (SSSR count). The number of halogens is 2. The maximum atomic E-state index is 13.7. The Morgan fingerprint density at radius 1 is 1.38 bits per heavy atom. The van der Waals surface area contributed by atoms with Crippen LogP contribution in [0, 0.1) is 11.3 Å². The van der Waals surface area contributed by atoms with Crippen LogP contribution in [-0.2, 0) is 16.1 Å². The largest absolute Gasteiger partial charge is 0.480 e. The van der Waals surface area contributed by atoms with Gasteiger partial charge in [-0.2, -0.15) is 10.6 Å². The van der Waals surface area contributed by atoms with Gasteiger partial charge in [0.2, 0.25) is 0 Å². The lowest BCUT2D eigenvalue weighted by Crippen LogP contribution is -2.46. The highest BCUT2D eigenvalue weighted by molar-refractivity contribution is 6.31. The van der Waals surface area contributed by atoms with E-state index in [0.717, 1.165) is 15.6 Å². The summed E-state index contributed by atoms with van der Waals surface area (Å²) in [7, 11) is 0. The highest BCUT2D eigenvalue weighted by atomic mass is 35.5. The number of benzene rings is 1. The molecule has 2 amide bonds. The van der Waals surface area contributed by atoms with Gasteiger partial charge in [-0.25, -0.2) is 19.4 Å². The SMILES string of the molecule is CC(C)(C)OC(=O)N1Cc2c(C(=O)NN=N)c(-c3ccc(F)c(Cl)c3)nn2C(C(=O)O)C1. The molecule has 0 saturated heterocycles. The average Bonchev–Trinajstić information content (AvgIpc) is 3.07. The molecule has 1 aliphatic heterocycles. The summed E-state index contributed by atoms with van der Waals surface area (Å²) in [5.74, 6) is -2.83. The number of rotatable bonds is 4. The third kappa shape index (κ3) is 4.54. The molecule has 1 aliphatic rings. The molecule has 0 aliphatic carbocycles. The van der Waals surface area contributed by atoms with E-state index in [1.807, 2.05) is 5.43 Å². The van der Waals surface area contributed by atoms with Gasteiger partial charge >= 0.3 is 12.1 Å². The van der Waals surface area contributed by atoms with Gasteiger partial charge in [0.05, 0.1) is 29.4 Å². The van der Waals surface area contributed by atoms with Gasteiger partial charge in [-0.3, -0.25) is 14.4 Å². The normalized spacial score (nSPS) is 15.7. The summed E-state index contributed by atoms with van der Waals surface area (Å²) < 4.78 is 20.1. The Labute approximate surface area is 186 Å². The van der Waals surface area contributed by atoms with Crippen molar-refractivity contribution in [1.29, 1.82) is 5.53 Å². The number of ether oxygens (including phenoxy) is 1. The van der Waals surface area contributed by atoms with E-state index in [9.17, 15) is 23.9 Å². The minimum atomic E-state index is -1.32. The first-order valence-corrected chi connectivity index (χ1v) is 9.75. The van der Waals surface area contributed by atoms with Gasteiger partial charge in [0.25, 0.3) is 5.91 Å². The number of aromatic nitrogens is 2. The number of carbonyl (C=O) groups is 3. The fraction of sp³-hybridized carbons (Fsp3) is 0.368. The van der Waals surface area contributed by atoms with Crippen LogP contribution in [0.15, 0.2) is 23.4 Å². The number of hydrogen-bond donors (Lipinski definition) is 3. The number of aliphatic carboxylic acids is 1. The Bertz CT molecular complexity index is 1110. The third-order valence-electron chi connectivity index (χ3n) is 4.55. The Morgan fingerprint density at radius 2 is 2.06 bits per heavy atom. The van der Waals surface area contributed by atoms with Crippen LogP contribution in [-0.4, -0.2) is 49.9 Å². The summed E-state index contributed by atoms with van der Waals surface area (Å²) >= 11 is 5.87. The van der Waals surface area contributed by atoms with Gasteiger partial charge in [-0.05, 0) is 39.0 Å². The predicted molar refractivity (Wildman–Crippen MR) is 109 cm³/mol. The molecule has 11 nitrogen and oxygen atoms in total. The number of carboxylic acid groups (broad SMARTS) is 1. The smallest absolute Gasteiger partial charge is 0.410 e. The third-order valence-corrected chi connectivity index (χ3v) is 4.84. The van der Waals surface area contributed by atoms with E-state index in [-0.39, 0.29) is 40.6 Å². The molecule has 32 heavy (non-hydrogen) atoms. The van der Waals surface area contributed by atoms with E-state index in [1.165, 1.54) is 12.1 Å². The number of nitrogens with zero attached hydrogens (tertiary/aromatic N) is 4. The lowest BCUT2D eigenvalue weighted by Gasteiger charge is -2.33. The van der Waals surface area contributed by atoms with Gasteiger partial charge in [0.1, 0.15) is 17.1 Å². The van der Waals surface area contributed by atoms with Crippen molar-refractivity contribution >= 4 is 29.6 Å². The molecule has 1 aromatic carbocycles. The second-order valence-electron chi connectivity index (χ2n) is 8.01. The van der Waals surface area contributed by atoms with E-state index in [2.05, 4.69) is 10.3 Å². The zero-order valence-electron chi connectivity index (χ0n) is 17.3.